The van der Waals surface area contributed by atoms with Gasteiger partial charge in [-0.2, -0.15) is 26.3 Å². The van der Waals surface area contributed by atoms with Crippen LogP contribution < -0.4 is 10.6 Å². The number of ether oxygens (including phenoxy) is 2. The molecule has 36 heavy (non-hydrogen) atoms. The van der Waals surface area contributed by atoms with Crippen molar-refractivity contribution in [3.05, 3.63) is 70.8 Å². The molecule has 2 fully saturated rings. The van der Waals surface area contributed by atoms with E-state index in [0.717, 1.165) is 5.56 Å². The molecule has 1 amide bonds. The lowest BCUT2D eigenvalue weighted by Crippen LogP contribution is -2.66. The van der Waals surface area contributed by atoms with E-state index in [-0.39, 0.29) is 24.8 Å². The molecule has 0 saturated carbocycles. The molecular formula is C25H26F6N2O3. The molecule has 1 unspecified atom stereocenters. The maximum absolute atomic E-state index is 13.3. The number of amides is 1. The zero-order chi connectivity index (χ0) is 26.2. The van der Waals surface area contributed by atoms with Gasteiger partial charge in [0.1, 0.15) is 0 Å². The molecule has 1 spiro atoms. The van der Waals surface area contributed by atoms with Gasteiger partial charge in [-0.1, -0.05) is 30.3 Å². The van der Waals surface area contributed by atoms with E-state index in [1.807, 2.05) is 30.3 Å². The number of piperidine rings is 1. The van der Waals surface area contributed by atoms with Crippen LogP contribution in [0.5, 0.6) is 0 Å². The van der Waals surface area contributed by atoms with Crippen molar-refractivity contribution in [3.8, 4) is 0 Å². The van der Waals surface area contributed by atoms with Crippen LogP contribution in [0.25, 0.3) is 0 Å². The number of benzene rings is 2. The van der Waals surface area contributed by atoms with E-state index in [1.54, 1.807) is 0 Å². The summed E-state index contributed by atoms with van der Waals surface area (Å²) in [5, 5.41) is 6.33. The van der Waals surface area contributed by atoms with Crippen molar-refractivity contribution in [2.24, 2.45) is 0 Å². The van der Waals surface area contributed by atoms with Gasteiger partial charge in [0.25, 0.3) is 0 Å². The first-order valence-electron chi connectivity index (χ1n) is 11.5. The molecule has 11 heteroatoms. The Morgan fingerprint density at radius 3 is 2.14 bits per heavy atom. The van der Waals surface area contributed by atoms with Gasteiger partial charge in [-0.05, 0) is 49.1 Å². The predicted octanol–water partition coefficient (Wildman–Crippen LogP) is 5.95. The van der Waals surface area contributed by atoms with E-state index >= 15 is 0 Å². The van der Waals surface area contributed by atoms with Gasteiger partial charge in [-0.15, -0.1) is 0 Å². The molecule has 3 atom stereocenters. The lowest BCUT2D eigenvalue weighted by molar-refractivity contribution is -0.143. The zero-order valence-electron chi connectivity index (χ0n) is 19.4. The molecule has 2 N–H and O–H groups in total. The minimum atomic E-state index is -4.94. The van der Waals surface area contributed by atoms with Crippen molar-refractivity contribution in [1.82, 2.24) is 10.6 Å². The quantitative estimate of drug-likeness (QED) is 0.483. The number of nitrogens with one attached hydrogen (secondary N) is 2. The Bertz CT molecular complexity index is 1050. The molecule has 2 aromatic carbocycles. The number of alkyl halides is 6. The molecule has 2 heterocycles. The summed E-state index contributed by atoms with van der Waals surface area (Å²) in [7, 11) is 0. The van der Waals surface area contributed by atoms with Gasteiger partial charge in [0.15, 0.2) is 0 Å². The molecule has 0 aromatic heterocycles. The van der Waals surface area contributed by atoms with E-state index in [2.05, 4.69) is 10.6 Å². The lowest BCUT2D eigenvalue weighted by atomic mass is 9.75. The van der Waals surface area contributed by atoms with Gasteiger partial charge in [0, 0.05) is 13.0 Å². The Kier molecular flexibility index (Phi) is 7.00. The van der Waals surface area contributed by atoms with Crippen molar-refractivity contribution >= 4 is 6.09 Å². The van der Waals surface area contributed by atoms with Crippen LogP contribution in [0.1, 0.15) is 54.5 Å². The summed E-state index contributed by atoms with van der Waals surface area (Å²) in [6.07, 6.45) is -9.70. The standard InChI is InChI=1S/C25H26F6N2O3/c1-16(17-11-19(24(26,27)28)13-20(12-17)25(29,30)31)36-15-23(18-5-3-2-4-6-18)8-7-22(14-32-23)9-10-35-21(34)33-22/h2-6,11-13,16,32H,7-10,14-15H2,1H3,(H,33,34)/t16-,22?,23-/m1/s1. The van der Waals surface area contributed by atoms with Crippen LogP contribution in [-0.2, 0) is 27.4 Å². The molecule has 2 aliphatic heterocycles. The molecule has 0 radical (unpaired) electrons. The Hall–Kier alpha value is -2.79. The highest BCUT2D eigenvalue weighted by molar-refractivity contribution is 5.69. The predicted molar refractivity (Wildman–Crippen MR) is 118 cm³/mol. The van der Waals surface area contributed by atoms with Crippen molar-refractivity contribution < 1.29 is 40.6 Å². The van der Waals surface area contributed by atoms with Gasteiger partial charge in [-0.3, -0.25) is 0 Å². The van der Waals surface area contributed by atoms with Crippen molar-refractivity contribution in [2.75, 3.05) is 19.8 Å². The molecular weight excluding hydrogens is 490 g/mol. The van der Waals surface area contributed by atoms with Gasteiger partial charge < -0.3 is 20.1 Å². The van der Waals surface area contributed by atoms with Crippen LogP contribution in [0.2, 0.25) is 0 Å². The third kappa shape index (κ3) is 5.62. The summed E-state index contributed by atoms with van der Waals surface area (Å²) in [6.45, 7) is 2.11. The van der Waals surface area contributed by atoms with Crippen LogP contribution in [0.4, 0.5) is 31.1 Å². The number of carbonyl (C=O) groups excluding carboxylic acids is 1. The van der Waals surface area contributed by atoms with Crippen molar-refractivity contribution in [1.29, 1.82) is 0 Å². The fourth-order valence-electron chi connectivity index (χ4n) is 4.73. The molecule has 2 aliphatic rings. The maximum atomic E-state index is 13.3. The highest BCUT2D eigenvalue weighted by atomic mass is 19.4. The molecule has 4 rings (SSSR count). The Morgan fingerprint density at radius 1 is 0.972 bits per heavy atom. The molecule has 0 aliphatic carbocycles. The number of carbonyl (C=O) groups is 1. The highest BCUT2D eigenvalue weighted by Crippen LogP contribution is 2.40. The fourth-order valence-corrected chi connectivity index (χ4v) is 4.73. The Balaban J connectivity index is 1.57. The van der Waals surface area contributed by atoms with Gasteiger partial charge in [-0.25, -0.2) is 4.79 Å². The number of alkyl carbamates (subject to hydrolysis) is 1. The van der Waals surface area contributed by atoms with Gasteiger partial charge in [0.05, 0.1) is 41.5 Å². The van der Waals surface area contributed by atoms with Crippen molar-refractivity contribution in [3.63, 3.8) is 0 Å². The molecule has 2 aromatic rings. The normalized spacial score (nSPS) is 25.8. The number of rotatable bonds is 5. The van der Waals surface area contributed by atoms with E-state index in [9.17, 15) is 31.1 Å². The van der Waals surface area contributed by atoms with Crippen LogP contribution in [0, 0.1) is 0 Å². The topological polar surface area (TPSA) is 59.6 Å². The van der Waals surface area contributed by atoms with Crippen molar-refractivity contribution in [2.45, 2.75) is 55.7 Å². The zero-order valence-corrected chi connectivity index (χ0v) is 19.4. The smallest absolute Gasteiger partial charge is 0.416 e. The number of halogens is 6. The number of cyclic esters (lactones) is 1. The summed E-state index contributed by atoms with van der Waals surface area (Å²) in [6, 6.07) is 10.8. The largest absolute Gasteiger partial charge is 0.449 e. The van der Waals surface area contributed by atoms with E-state index in [4.69, 9.17) is 9.47 Å². The van der Waals surface area contributed by atoms with Gasteiger partial charge >= 0.3 is 18.4 Å². The second-order valence-corrected chi connectivity index (χ2v) is 9.39. The third-order valence-corrected chi connectivity index (χ3v) is 6.96. The SMILES string of the molecule is C[C@@H](OC[C@@]1(c2ccccc2)CCC2(CCOC(=O)N2)CN1)c1cc(C(F)(F)F)cc(C(F)(F)F)c1. The summed E-state index contributed by atoms with van der Waals surface area (Å²) < 4.78 is 90.7. The summed E-state index contributed by atoms with van der Waals surface area (Å²) in [5.41, 5.74) is -3.36. The third-order valence-electron chi connectivity index (χ3n) is 6.96. The number of hydrogen-bond donors (Lipinski definition) is 2. The monoisotopic (exact) mass is 516 g/mol. The highest BCUT2D eigenvalue weighted by Gasteiger charge is 2.46. The van der Waals surface area contributed by atoms with E-state index < -0.39 is 46.8 Å². The average molecular weight is 516 g/mol. The van der Waals surface area contributed by atoms with E-state index in [0.29, 0.717) is 37.9 Å². The second-order valence-electron chi connectivity index (χ2n) is 9.39. The molecule has 0 bridgehead atoms. The van der Waals surface area contributed by atoms with Gasteiger partial charge in [0.2, 0.25) is 0 Å². The van der Waals surface area contributed by atoms with E-state index in [1.165, 1.54) is 6.92 Å². The first kappa shape index (κ1) is 26.3. The summed E-state index contributed by atoms with van der Waals surface area (Å²) in [4.78, 5) is 11.8. The summed E-state index contributed by atoms with van der Waals surface area (Å²) in [5.74, 6) is 0. The minimum Gasteiger partial charge on any atom is -0.449 e. The van der Waals surface area contributed by atoms with Crippen LogP contribution in [0.15, 0.2) is 48.5 Å². The second kappa shape index (κ2) is 9.59. The number of hydrogen-bond acceptors (Lipinski definition) is 4. The van der Waals surface area contributed by atoms with Crippen LogP contribution >= 0.6 is 0 Å². The molecule has 196 valence electrons. The van der Waals surface area contributed by atoms with Crippen LogP contribution in [0.3, 0.4) is 0 Å². The fraction of sp³-hybridized carbons (Fsp3) is 0.480. The first-order valence-corrected chi connectivity index (χ1v) is 11.5. The average Bonchev–Trinajstić information content (AvgIpc) is 2.83. The Morgan fingerprint density at radius 2 is 1.61 bits per heavy atom. The Labute approximate surface area is 204 Å². The minimum absolute atomic E-state index is 0.00367. The summed E-state index contributed by atoms with van der Waals surface area (Å²) >= 11 is 0. The van der Waals surface area contributed by atoms with Crippen LogP contribution in [-0.4, -0.2) is 31.4 Å². The molecule has 2 saturated heterocycles. The lowest BCUT2D eigenvalue weighted by Gasteiger charge is -2.49. The first-order chi connectivity index (χ1) is 16.8. The maximum Gasteiger partial charge on any atom is 0.416 e. The molecule has 5 nitrogen and oxygen atoms in total.